The number of nitrogens with one attached hydrogen (secondary N) is 4. The Morgan fingerprint density at radius 3 is 2.17 bits per heavy atom. The number of carboxylic acid groups (broad SMARTS) is 1. The molecule has 1 aromatic carbocycles. The topological polar surface area (TPSA) is 187 Å². The second-order valence-electron chi connectivity index (χ2n) is 9.35. The number of aromatic amines is 1. The Kier molecular flexibility index (Phi) is 10.4. The number of carbonyl (C=O) groups is 4. The molecule has 0 spiro atoms. The number of nitrogens with two attached hydrogens (primary N) is 1. The van der Waals surface area contributed by atoms with Crippen LogP contribution in [0.3, 0.4) is 0 Å². The quantitative estimate of drug-likeness (QED) is 0.204. The van der Waals surface area contributed by atoms with Crippen molar-refractivity contribution in [2.75, 3.05) is 6.61 Å². The predicted molar refractivity (Wildman–Crippen MR) is 135 cm³/mol. The van der Waals surface area contributed by atoms with Crippen molar-refractivity contribution >= 4 is 34.6 Å². The molecule has 1 aromatic heterocycles. The van der Waals surface area contributed by atoms with Crippen LogP contribution >= 0.6 is 0 Å². The van der Waals surface area contributed by atoms with E-state index in [-0.39, 0.29) is 18.3 Å². The van der Waals surface area contributed by atoms with Gasteiger partial charge in [0.25, 0.3) is 0 Å². The highest BCUT2D eigenvalue weighted by molar-refractivity contribution is 5.94. The van der Waals surface area contributed by atoms with E-state index in [2.05, 4.69) is 20.9 Å². The van der Waals surface area contributed by atoms with Crippen molar-refractivity contribution < 1.29 is 29.4 Å². The summed E-state index contributed by atoms with van der Waals surface area (Å²) in [5.74, 6) is -3.88. The average Bonchev–Trinajstić information content (AvgIpc) is 3.25. The molecule has 0 aliphatic heterocycles. The molecule has 0 aliphatic rings. The van der Waals surface area contributed by atoms with Crippen LogP contribution < -0.4 is 21.7 Å². The normalized spacial score (nSPS) is 15.5. The number of carboxylic acids is 1. The summed E-state index contributed by atoms with van der Waals surface area (Å²) in [4.78, 5) is 53.1. The molecule has 2 aromatic rings. The van der Waals surface area contributed by atoms with Gasteiger partial charge in [0.2, 0.25) is 17.7 Å². The van der Waals surface area contributed by atoms with Crippen LogP contribution in [-0.4, -0.2) is 69.7 Å². The Labute approximate surface area is 210 Å². The molecule has 1 heterocycles. The van der Waals surface area contributed by atoms with Gasteiger partial charge in [-0.2, -0.15) is 0 Å². The van der Waals surface area contributed by atoms with Crippen molar-refractivity contribution in [3.8, 4) is 0 Å². The zero-order valence-electron chi connectivity index (χ0n) is 21.1. The Bertz CT molecular complexity index is 1070. The summed E-state index contributed by atoms with van der Waals surface area (Å²) < 4.78 is 0. The summed E-state index contributed by atoms with van der Waals surface area (Å²) in [5, 5.41) is 26.9. The Morgan fingerprint density at radius 2 is 1.58 bits per heavy atom. The third-order valence-corrected chi connectivity index (χ3v) is 6.29. The van der Waals surface area contributed by atoms with Crippen molar-refractivity contribution in [1.29, 1.82) is 0 Å². The van der Waals surface area contributed by atoms with Gasteiger partial charge in [-0.15, -0.1) is 0 Å². The highest BCUT2D eigenvalue weighted by atomic mass is 16.4. The minimum Gasteiger partial charge on any atom is -0.480 e. The zero-order chi connectivity index (χ0) is 27.0. The van der Waals surface area contributed by atoms with E-state index in [1.165, 1.54) is 0 Å². The first-order valence-corrected chi connectivity index (χ1v) is 12.0. The predicted octanol–water partition coefficient (Wildman–Crippen LogP) is 0.271. The second kappa shape index (κ2) is 13.0. The second-order valence-corrected chi connectivity index (χ2v) is 9.35. The summed E-state index contributed by atoms with van der Waals surface area (Å²) in [7, 11) is 0. The Balaban J connectivity index is 2.11. The fourth-order valence-corrected chi connectivity index (χ4v) is 3.82. The Morgan fingerprint density at radius 1 is 0.972 bits per heavy atom. The van der Waals surface area contributed by atoms with E-state index < -0.39 is 54.5 Å². The molecule has 0 aliphatic carbocycles. The standard InChI is InChI=1S/C25H37N5O6/c1-5-14(4)21(24(34)28-19(12-31)25(35)36)30-23(33)20(13(2)3)29-22(32)17(26)10-15-11-27-18-9-7-6-8-16(15)18/h6-9,11,13-14,17,19-21,27,31H,5,10,12,26H2,1-4H3,(H,28,34)(H,29,32)(H,30,33)(H,35,36). The van der Waals surface area contributed by atoms with E-state index in [1.54, 1.807) is 27.0 Å². The lowest BCUT2D eigenvalue weighted by molar-refractivity contribution is -0.143. The molecule has 11 heteroatoms. The molecule has 2 rings (SSSR count). The highest BCUT2D eigenvalue weighted by Crippen LogP contribution is 2.19. The minimum absolute atomic E-state index is 0.262. The molecule has 5 unspecified atom stereocenters. The van der Waals surface area contributed by atoms with Gasteiger partial charge in [0.05, 0.1) is 12.6 Å². The molecule has 0 saturated carbocycles. The van der Waals surface area contributed by atoms with Gasteiger partial charge in [-0.25, -0.2) is 4.79 Å². The average molecular weight is 504 g/mol. The maximum absolute atomic E-state index is 13.1. The number of aromatic nitrogens is 1. The van der Waals surface area contributed by atoms with Crippen LogP contribution in [0.2, 0.25) is 0 Å². The minimum atomic E-state index is -1.50. The fraction of sp³-hybridized carbons (Fsp3) is 0.520. The van der Waals surface area contributed by atoms with Gasteiger partial charge in [0, 0.05) is 17.1 Å². The molecule has 198 valence electrons. The smallest absolute Gasteiger partial charge is 0.328 e. The molecular formula is C25H37N5O6. The summed E-state index contributed by atoms with van der Waals surface area (Å²) in [6.07, 6.45) is 2.58. The summed E-state index contributed by atoms with van der Waals surface area (Å²) in [5.41, 5.74) is 7.97. The molecule has 8 N–H and O–H groups in total. The third-order valence-electron chi connectivity index (χ3n) is 6.29. The molecular weight excluding hydrogens is 466 g/mol. The lowest BCUT2D eigenvalue weighted by atomic mass is 9.96. The third kappa shape index (κ3) is 7.28. The largest absolute Gasteiger partial charge is 0.480 e. The van der Waals surface area contributed by atoms with Gasteiger partial charge >= 0.3 is 5.97 Å². The van der Waals surface area contributed by atoms with E-state index >= 15 is 0 Å². The number of amides is 3. The van der Waals surface area contributed by atoms with E-state index in [0.717, 1.165) is 16.5 Å². The number of H-pyrrole nitrogens is 1. The SMILES string of the molecule is CCC(C)C(NC(=O)C(NC(=O)C(N)Cc1c[nH]c2ccccc12)C(C)C)C(=O)NC(CO)C(=O)O. The number of para-hydroxylation sites is 1. The molecule has 0 fully saturated rings. The lowest BCUT2D eigenvalue weighted by Gasteiger charge is -2.29. The van der Waals surface area contributed by atoms with Crippen molar-refractivity contribution in [2.24, 2.45) is 17.6 Å². The maximum Gasteiger partial charge on any atom is 0.328 e. The van der Waals surface area contributed by atoms with E-state index in [4.69, 9.17) is 10.8 Å². The molecule has 5 atom stereocenters. The van der Waals surface area contributed by atoms with Crippen molar-refractivity contribution in [2.45, 2.75) is 64.7 Å². The number of aliphatic hydroxyl groups excluding tert-OH is 1. The summed E-state index contributed by atoms with van der Waals surface area (Å²) >= 11 is 0. The van der Waals surface area contributed by atoms with Crippen molar-refractivity contribution in [1.82, 2.24) is 20.9 Å². The molecule has 0 radical (unpaired) electrons. The first-order chi connectivity index (χ1) is 17.0. The maximum atomic E-state index is 13.1. The van der Waals surface area contributed by atoms with Crippen LogP contribution in [0.15, 0.2) is 30.5 Å². The van der Waals surface area contributed by atoms with E-state index in [1.807, 2.05) is 31.2 Å². The summed E-state index contributed by atoms with van der Waals surface area (Å²) in [6.45, 7) is 6.27. The highest BCUT2D eigenvalue weighted by Gasteiger charge is 2.33. The summed E-state index contributed by atoms with van der Waals surface area (Å²) in [6, 6.07) is 3.21. The number of rotatable bonds is 13. The lowest BCUT2D eigenvalue weighted by Crippen LogP contribution is -2.60. The number of fused-ring (bicyclic) bond motifs is 1. The van der Waals surface area contributed by atoms with Gasteiger partial charge in [-0.05, 0) is 29.9 Å². The molecule has 36 heavy (non-hydrogen) atoms. The zero-order valence-corrected chi connectivity index (χ0v) is 21.1. The first kappa shape index (κ1) is 28.8. The number of aliphatic carboxylic acids is 1. The van der Waals surface area contributed by atoms with Crippen LogP contribution in [0.4, 0.5) is 0 Å². The van der Waals surface area contributed by atoms with Crippen LogP contribution in [0, 0.1) is 11.8 Å². The van der Waals surface area contributed by atoms with Gasteiger partial charge in [-0.1, -0.05) is 52.3 Å². The molecule has 0 saturated heterocycles. The van der Waals surface area contributed by atoms with Crippen LogP contribution in [0.1, 0.15) is 39.7 Å². The molecule has 0 bridgehead atoms. The van der Waals surface area contributed by atoms with Gasteiger partial charge < -0.3 is 36.9 Å². The van der Waals surface area contributed by atoms with Gasteiger partial charge in [-0.3, -0.25) is 14.4 Å². The van der Waals surface area contributed by atoms with Crippen molar-refractivity contribution in [3.63, 3.8) is 0 Å². The van der Waals surface area contributed by atoms with Gasteiger partial charge in [0.15, 0.2) is 0 Å². The van der Waals surface area contributed by atoms with Crippen LogP contribution in [0.25, 0.3) is 10.9 Å². The first-order valence-electron chi connectivity index (χ1n) is 12.0. The number of aliphatic hydroxyl groups is 1. The van der Waals surface area contributed by atoms with E-state index in [9.17, 15) is 24.3 Å². The van der Waals surface area contributed by atoms with Gasteiger partial charge in [0.1, 0.15) is 18.1 Å². The number of hydrogen-bond donors (Lipinski definition) is 7. The fourth-order valence-electron chi connectivity index (χ4n) is 3.82. The molecule has 11 nitrogen and oxygen atoms in total. The monoisotopic (exact) mass is 503 g/mol. The number of hydrogen-bond acceptors (Lipinski definition) is 6. The number of benzene rings is 1. The van der Waals surface area contributed by atoms with Crippen LogP contribution in [0.5, 0.6) is 0 Å². The van der Waals surface area contributed by atoms with Crippen molar-refractivity contribution in [3.05, 3.63) is 36.0 Å². The number of carbonyl (C=O) groups excluding carboxylic acids is 3. The van der Waals surface area contributed by atoms with E-state index in [0.29, 0.717) is 6.42 Å². The van der Waals surface area contributed by atoms with Crippen LogP contribution in [-0.2, 0) is 25.6 Å². The molecule has 3 amide bonds. The Hall–Kier alpha value is -3.44.